The maximum absolute atomic E-state index is 14.3. The number of rotatable bonds is 6. The highest BCUT2D eigenvalue weighted by atomic mass is 35.5. The van der Waals surface area contributed by atoms with E-state index in [2.05, 4.69) is 25.8 Å². The minimum Gasteiger partial charge on any atom is -0.350 e. The van der Waals surface area contributed by atoms with Crippen LogP contribution in [0, 0.1) is 12.7 Å². The van der Waals surface area contributed by atoms with E-state index in [9.17, 15) is 9.18 Å². The predicted molar refractivity (Wildman–Crippen MR) is 94.9 cm³/mol. The van der Waals surface area contributed by atoms with Gasteiger partial charge in [-0.2, -0.15) is 4.98 Å². The number of amides is 1. The summed E-state index contributed by atoms with van der Waals surface area (Å²) in [7, 11) is 0. The third kappa shape index (κ3) is 4.30. The van der Waals surface area contributed by atoms with Crippen LogP contribution in [-0.4, -0.2) is 37.6 Å². The molecule has 0 aliphatic rings. The number of nitrogens with zero attached hydrogens (tertiary/aromatic N) is 5. The molecule has 0 spiro atoms. The molecule has 8 nitrogen and oxygen atoms in total. The summed E-state index contributed by atoms with van der Waals surface area (Å²) in [4.78, 5) is 16.4. The van der Waals surface area contributed by atoms with E-state index in [-0.39, 0.29) is 23.8 Å². The maximum atomic E-state index is 14.3. The van der Waals surface area contributed by atoms with Crippen molar-refractivity contribution in [1.82, 2.24) is 30.5 Å². The van der Waals surface area contributed by atoms with Crippen molar-refractivity contribution >= 4 is 17.5 Å². The molecule has 1 amide bonds. The van der Waals surface area contributed by atoms with E-state index < -0.39 is 17.1 Å². The number of carbonyl (C=O) groups is 1. The van der Waals surface area contributed by atoms with Crippen LogP contribution in [-0.2, 0) is 12.0 Å². The highest BCUT2D eigenvalue weighted by molar-refractivity contribution is 6.30. The lowest BCUT2D eigenvalue weighted by Gasteiger charge is -2.26. The Morgan fingerprint density at radius 1 is 1.41 bits per heavy atom. The second-order valence-electron chi connectivity index (χ2n) is 6.70. The van der Waals surface area contributed by atoms with Crippen molar-refractivity contribution < 1.29 is 13.7 Å². The van der Waals surface area contributed by atoms with Gasteiger partial charge in [0.15, 0.2) is 11.5 Å². The summed E-state index contributed by atoms with van der Waals surface area (Å²) < 4.78 is 20.6. The van der Waals surface area contributed by atoms with Crippen molar-refractivity contribution in [2.75, 3.05) is 6.54 Å². The van der Waals surface area contributed by atoms with Gasteiger partial charge >= 0.3 is 0 Å². The molecule has 2 aromatic heterocycles. The minimum atomic E-state index is -0.664. The standard InChI is InChI=1S/C17H18ClFN6O2/c1-10-21-14(23-27-10)8-25-7-13(22-24-25)16(26)20-9-17(2,3)11-5-4-6-12(18)15(11)19/h4-7H,8-9H2,1-3H3,(H,20,26). The zero-order valence-electron chi connectivity index (χ0n) is 15.0. The van der Waals surface area contributed by atoms with Gasteiger partial charge in [-0.15, -0.1) is 5.10 Å². The number of nitrogens with one attached hydrogen (secondary N) is 1. The van der Waals surface area contributed by atoms with Crippen molar-refractivity contribution in [3.63, 3.8) is 0 Å². The number of hydrogen-bond acceptors (Lipinski definition) is 6. The molecule has 0 atom stereocenters. The van der Waals surface area contributed by atoms with Gasteiger partial charge < -0.3 is 9.84 Å². The largest absolute Gasteiger partial charge is 0.350 e. The molecular formula is C17H18ClFN6O2. The molecule has 10 heteroatoms. The zero-order valence-corrected chi connectivity index (χ0v) is 15.8. The van der Waals surface area contributed by atoms with Crippen molar-refractivity contribution in [2.45, 2.75) is 32.7 Å². The monoisotopic (exact) mass is 392 g/mol. The summed E-state index contributed by atoms with van der Waals surface area (Å²) in [5.74, 6) is -0.0266. The lowest BCUT2D eigenvalue weighted by molar-refractivity contribution is 0.0940. The van der Waals surface area contributed by atoms with Crippen LogP contribution in [0.25, 0.3) is 0 Å². The molecule has 0 saturated heterocycles. The molecule has 142 valence electrons. The Balaban J connectivity index is 1.64. The Bertz CT molecular complexity index is 968. The number of aryl methyl sites for hydroxylation is 1. The van der Waals surface area contributed by atoms with Crippen LogP contribution in [0.2, 0.25) is 5.02 Å². The number of hydrogen-bond donors (Lipinski definition) is 1. The molecule has 0 unspecified atom stereocenters. The molecule has 1 aromatic carbocycles. The van der Waals surface area contributed by atoms with Gasteiger partial charge in [-0.1, -0.05) is 48.0 Å². The molecule has 27 heavy (non-hydrogen) atoms. The number of aromatic nitrogens is 5. The first-order valence-corrected chi connectivity index (χ1v) is 8.56. The van der Waals surface area contributed by atoms with Gasteiger partial charge in [0.05, 0.1) is 11.2 Å². The molecular weight excluding hydrogens is 375 g/mol. The highest BCUT2D eigenvalue weighted by Crippen LogP contribution is 2.29. The Kier molecular flexibility index (Phi) is 5.22. The van der Waals surface area contributed by atoms with E-state index in [1.807, 2.05) is 13.8 Å². The molecule has 0 radical (unpaired) electrons. The van der Waals surface area contributed by atoms with Gasteiger partial charge in [-0.25, -0.2) is 9.07 Å². The van der Waals surface area contributed by atoms with E-state index in [0.29, 0.717) is 17.3 Å². The summed E-state index contributed by atoms with van der Waals surface area (Å²) >= 11 is 5.85. The van der Waals surface area contributed by atoms with Crippen molar-refractivity contribution in [3.05, 3.63) is 58.2 Å². The van der Waals surface area contributed by atoms with Crippen molar-refractivity contribution in [2.24, 2.45) is 0 Å². The quantitative estimate of drug-likeness (QED) is 0.692. The summed E-state index contributed by atoms with van der Waals surface area (Å²) in [6.45, 7) is 5.74. The summed E-state index contributed by atoms with van der Waals surface area (Å²) in [5, 5.41) is 14.3. The zero-order chi connectivity index (χ0) is 19.6. The van der Waals surface area contributed by atoms with E-state index in [1.54, 1.807) is 19.1 Å². The molecule has 3 rings (SSSR count). The molecule has 2 heterocycles. The van der Waals surface area contributed by atoms with Crippen LogP contribution in [0.5, 0.6) is 0 Å². The fourth-order valence-electron chi connectivity index (χ4n) is 2.54. The van der Waals surface area contributed by atoms with Gasteiger partial charge in [0.25, 0.3) is 5.91 Å². The first kappa shape index (κ1) is 19.0. The second kappa shape index (κ2) is 7.43. The lowest BCUT2D eigenvalue weighted by atomic mass is 9.84. The predicted octanol–water partition coefficient (Wildman–Crippen LogP) is 2.52. The van der Waals surface area contributed by atoms with Gasteiger partial charge in [0.2, 0.25) is 5.89 Å². The molecule has 0 aliphatic carbocycles. The summed E-state index contributed by atoms with van der Waals surface area (Å²) in [6, 6.07) is 4.81. The lowest BCUT2D eigenvalue weighted by Crippen LogP contribution is -2.37. The van der Waals surface area contributed by atoms with Crippen LogP contribution in [0.4, 0.5) is 4.39 Å². The summed E-state index contributed by atoms with van der Waals surface area (Å²) in [5.41, 5.74) is -0.105. The Hall–Kier alpha value is -2.81. The van der Waals surface area contributed by atoms with Crippen LogP contribution in [0.15, 0.2) is 28.9 Å². The number of halogens is 2. The van der Waals surface area contributed by atoms with Crippen LogP contribution < -0.4 is 5.32 Å². The van der Waals surface area contributed by atoms with Gasteiger partial charge in [-0.05, 0) is 11.6 Å². The minimum absolute atomic E-state index is 0.0477. The Morgan fingerprint density at radius 2 is 2.19 bits per heavy atom. The SMILES string of the molecule is Cc1nc(Cn2cc(C(=O)NCC(C)(C)c3cccc(Cl)c3F)nn2)no1. The highest BCUT2D eigenvalue weighted by Gasteiger charge is 2.26. The maximum Gasteiger partial charge on any atom is 0.273 e. The van der Waals surface area contributed by atoms with E-state index in [1.165, 1.54) is 16.9 Å². The average molecular weight is 393 g/mol. The Labute approximate surface area is 159 Å². The molecule has 0 bridgehead atoms. The first-order chi connectivity index (χ1) is 12.8. The van der Waals surface area contributed by atoms with Crippen LogP contribution in [0.1, 0.15) is 41.6 Å². The van der Waals surface area contributed by atoms with Gasteiger partial charge in [0.1, 0.15) is 12.4 Å². The fourth-order valence-corrected chi connectivity index (χ4v) is 2.72. The van der Waals surface area contributed by atoms with E-state index >= 15 is 0 Å². The Morgan fingerprint density at radius 3 is 2.89 bits per heavy atom. The van der Waals surface area contributed by atoms with Crippen LogP contribution in [0.3, 0.4) is 0 Å². The smallest absolute Gasteiger partial charge is 0.273 e. The fraction of sp³-hybridized carbons (Fsp3) is 0.353. The van der Waals surface area contributed by atoms with E-state index in [4.69, 9.17) is 16.1 Å². The molecule has 1 N–H and O–H groups in total. The second-order valence-corrected chi connectivity index (χ2v) is 7.11. The molecule has 3 aromatic rings. The van der Waals surface area contributed by atoms with Gasteiger partial charge in [0, 0.05) is 18.9 Å². The summed E-state index contributed by atoms with van der Waals surface area (Å²) in [6.07, 6.45) is 1.48. The topological polar surface area (TPSA) is 98.7 Å². The third-order valence-electron chi connectivity index (χ3n) is 4.02. The first-order valence-electron chi connectivity index (χ1n) is 8.18. The molecule has 0 fully saturated rings. The van der Waals surface area contributed by atoms with Crippen molar-refractivity contribution in [1.29, 1.82) is 0 Å². The van der Waals surface area contributed by atoms with Gasteiger partial charge in [-0.3, -0.25) is 4.79 Å². The van der Waals surface area contributed by atoms with E-state index in [0.717, 1.165) is 0 Å². The normalized spacial score (nSPS) is 11.6. The number of carbonyl (C=O) groups excluding carboxylic acids is 1. The molecule has 0 saturated carbocycles. The number of benzene rings is 1. The van der Waals surface area contributed by atoms with Crippen molar-refractivity contribution in [3.8, 4) is 0 Å². The van der Waals surface area contributed by atoms with Crippen LogP contribution >= 0.6 is 11.6 Å². The third-order valence-corrected chi connectivity index (χ3v) is 4.31. The molecule has 0 aliphatic heterocycles. The average Bonchev–Trinajstić information content (AvgIpc) is 3.24.